The molecule has 0 aromatic carbocycles. The quantitative estimate of drug-likeness (QED) is 0.828. The molecule has 0 N–H and O–H groups in total. The Morgan fingerprint density at radius 2 is 2.16 bits per heavy atom. The molecule has 0 unspecified atom stereocenters. The van der Waals surface area contributed by atoms with Crippen LogP contribution >= 0.6 is 0 Å². The van der Waals surface area contributed by atoms with Crippen molar-refractivity contribution in [2.45, 2.75) is 32.1 Å². The predicted octanol–water partition coefficient (Wildman–Crippen LogP) is 3.00. The SMILES string of the molecule is COc1ccc(CN(C)C[C@H]2CCc3nc(C(F)(F)F)cn3C2)cn1. The third-order valence-corrected chi connectivity index (χ3v) is 4.41. The molecule has 25 heavy (non-hydrogen) atoms. The minimum absolute atomic E-state index is 0.305. The van der Waals surface area contributed by atoms with Crippen LogP contribution in [0.3, 0.4) is 0 Å². The van der Waals surface area contributed by atoms with Gasteiger partial charge >= 0.3 is 6.18 Å². The van der Waals surface area contributed by atoms with E-state index in [9.17, 15) is 13.2 Å². The Kier molecular flexibility index (Phi) is 4.99. The molecule has 2 aromatic rings. The Labute approximate surface area is 144 Å². The lowest BCUT2D eigenvalue weighted by molar-refractivity contribution is -0.141. The first-order chi connectivity index (χ1) is 11.8. The van der Waals surface area contributed by atoms with Crippen molar-refractivity contribution in [1.29, 1.82) is 0 Å². The number of aromatic nitrogens is 3. The number of pyridine rings is 1. The number of aryl methyl sites for hydroxylation is 1. The normalized spacial score (nSPS) is 17.6. The maximum Gasteiger partial charge on any atom is 0.434 e. The highest BCUT2D eigenvalue weighted by molar-refractivity contribution is 5.17. The van der Waals surface area contributed by atoms with Crippen molar-refractivity contribution in [3.63, 3.8) is 0 Å². The van der Waals surface area contributed by atoms with Crippen LogP contribution in [0.15, 0.2) is 24.5 Å². The van der Waals surface area contributed by atoms with E-state index in [4.69, 9.17) is 4.74 Å². The van der Waals surface area contributed by atoms with Gasteiger partial charge in [-0.15, -0.1) is 0 Å². The number of alkyl halides is 3. The number of fused-ring (bicyclic) bond motifs is 1. The van der Waals surface area contributed by atoms with Gasteiger partial charge in [0.05, 0.1) is 7.11 Å². The van der Waals surface area contributed by atoms with Gasteiger partial charge in [-0.1, -0.05) is 6.07 Å². The van der Waals surface area contributed by atoms with Crippen LogP contribution < -0.4 is 4.74 Å². The maximum absolute atomic E-state index is 12.8. The van der Waals surface area contributed by atoms with Gasteiger partial charge in [0.1, 0.15) is 5.82 Å². The Morgan fingerprint density at radius 3 is 2.80 bits per heavy atom. The molecule has 2 aromatic heterocycles. The van der Waals surface area contributed by atoms with E-state index in [2.05, 4.69) is 14.9 Å². The molecular weight excluding hydrogens is 333 g/mol. The Morgan fingerprint density at radius 1 is 1.36 bits per heavy atom. The van der Waals surface area contributed by atoms with E-state index in [1.54, 1.807) is 17.9 Å². The number of halogens is 3. The summed E-state index contributed by atoms with van der Waals surface area (Å²) in [5, 5.41) is 0. The average molecular weight is 354 g/mol. The van der Waals surface area contributed by atoms with Crippen molar-refractivity contribution in [2.75, 3.05) is 20.7 Å². The summed E-state index contributed by atoms with van der Waals surface area (Å²) in [4.78, 5) is 10.1. The fraction of sp³-hybridized carbons (Fsp3) is 0.529. The topological polar surface area (TPSA) is 43.2 Å². The largest absolute Gasteiger partial charge is 0.481 e. The summed E-state index contributed by atoms with van der Waals surface area (Å²) in [6.45, 7) is 2.12. The summed E-state index contributed by atoms with van der Waals surface area (Å²) in [7, 11) is 3.58. The van der Waals surface area contributed by atoms with E-state index in [0.29, 0.717) is 30.6 Å². The van der Waals surface area contributed by atoms with Crippen LogP contribution in [0.4, 0.5) is 13.2 Å². The number of ether oxygens (including phenoxy) is 1. The molecule has 0 saturated heterocycles. The zero-order valence-electron chi connectivity index (χ0n) is 14.3. The second kappa shape index (κ2) is 7.03. The molecule has 0 fully saturated rings. The fourth-order valence-electron chi connectivity index (χ4n) is 3.24. The molecule has 1 atom stereocenters. The Balaban J connectivity index is 1.57. The molecular formula is C17H21F3N4O. The van der Waals surface area contributed by atoms with Crippen LogP contribution in [0.25, 0.3) is 0 Å². The van der Waals surface area contributed by atoms with Crippen LogP contribution in [0, 0.1) is 5.92 Å². The van der Waals surface area contributed by atoms with Gasteiger partial charge in [-0.05, 0) is 24.9 Å². The van der Waals surface area contributed by atoms with Crippen molar-refractivity contribution in [2.24, 2.45) is 5.92 Å². The molecule has 8 heteroatoms. The lowest BCUT2D eigenvalue weighted by Gasteiger charge is -2.28. The molecule has 0 amide bonds. The summed E-state index contributed by atoms with van der Waals surface area (Å²) in [5.74, 6) is 1.41. The average Bonchev–Trinajstić information content (AvgIpc) is 2.99. The van der Waals surface area contributed by atoms with Crippen LogP contribution in [0.1, 0.15) is 23.5 Å². The molecule has 3 heterocycles. The third-order valence-electron chi connectivity index (χ3n) is 4.41. The smallest absolute Gasteiger partial charge is 0.434 e. The van der Waals surface area contributed by atoms with E-state index in [0.717, 1.165) is 31.3 Å². The summed E-state index contributed by atoms with van der Waals surface area (Å²) in [6, 6.07) is 3.78. The highest BCUT2D eigenvalue weighted by Gasteiger charge is 2.35. The predicted molar refractivity (Wildman–Crippen MR) is 86.2 cm³/mol. The first kappa shape index (κ1) is 17.7. The highest BCUT2D eigenvalue weighted by Crippen LogP contribution is 2.30. The molecule has 0 radical (unpaired) electrons. The number of hydrogen-bond acceptors (Lipinski definition) is 4. The second-order valence-corrected chi connectivity index (χ2v) is 6.50. The van der Waals surface area contributed by atoms with Crippen molar-refractivity contribution in [1.82, 2.24) is 19.4 Å². The second-order valence-electron chi connectivity index (χ2n) is 6.50. The Bertz CT molecular complexity index is 712. The van der Waals surface area contributed by atoms with Crippen molar-refractivity contribution < 1.29 is 17.9 Å². The van der Waals surface area contributed by atoms with E-state index < -0.39 is 11.9 Å². The number of imidazole rings is 1. The Hall–Kier alpha value is -2.09. The standard InChI is InChI=1S/C17H21F3N4O/c1-23(8-12-4-6-16(25-2)21-7-12)9-13-3-5-15-22-14(17(18,19)20)11-24(15)10-13/h4,6-7,11,13H,3,5,8-10H2,1-2H3/t13-/m1/s1. The molecule has 1 aliphatic heterocycles. The first-order valence-corrected chi connectivity index (χ1v) is 8.16. The highest BCUT2D eigenvalue weighted by atomic mass is 19.4. The van der Waals surface area contributed by atoms with Crippen LogP contribution in [-0.4, -0.2) is 40.1 Å². The van der Waals surface area contributed by atoms with Gasteiger partial charge in [-0.2, -0.15) is 13.2 Å². The van der Waals surface area contributed by atoms with Gasteiger partial charge in [0.2, 0.25) is 5.88 Å². The van der Waals surface area contributed by atoms with E-state index in [1.165, 1.54) is 0 Å². The van der Waals surface area contributed by atoms with Crippen LogP contribution in [0.2, 0.25) is 0 Å². The van der Waals surface area contributed by atoms with Crippen molar-refractivity contribution in [3.05, 3.63) is 41.6 Å². The molecule has 136 valence electrons. The summed E-state index contributed by atoms with van der Waals surface area (Å²) >= 11 is 0. The number of hydrogen-bond donors (Lipinski definition) is 0. The lowest BCUT2D eigenvalue weighted by atomic mass is 9.99. The van der Waals surface area contributed by atoms with Crippen molar-refractivity contribution >= 4 is 0 Å². The molecule has 0 bridgehead atoms. The third kappa shape index (κ3) is 4.31. The van der Waals surface area contributed by atoms with E-state index in [1.807, 2.05) is 19.2 Å². The summed E-state index contributed by atoms with van der Waals surface area (Å²) < 4.78 is 45.0. The van der Waals surface area contributed by atoms with E-state index in [-0.39, 0.29) is 0 Å². The number of methoxy groups -OCH3 is 1. The molecule has 0 saturated carbocycles. The number of nitrogens with zero attached hydrogens (tertiary/aromatic N) is 4. The summed E-state index contributed by atoms with van der Waals surface area (Å²) in [6.07, 6.45) is -0.0369. The first-order valence-electron chi connectivity index (χ1n) is 8.16. The van der Waals surface area contributed by atoms with Gasteiger partial charge in [0.25, 0.3) is 0 Å². The summed E-state index contributed by atoms with van der Waals surface area (Å²) in [5.41, 5.74) is 0.280. The zero-order chi connectivity index (χ0) is 18.0. The molecule has 1 aliphatic rings. The molecule has 5 nitrogen and oxygen atoms in total. The van der Waals surface area contributed by atoms with Crippen molar-refractivity contribution in [3.8, 4) is 5.88 Å². The van der Waals surface area contributed by atoms with Gasteiger partial charge in [0.15, 0.2) is 5.69 Å². The minimum Gasteiger partial charge on any atom is -0.481 e. The zero-order valence-corrected chi connectivity index (χ0v) is 14.3. The number of rotatable bonds is 5. The monoisotopic (exact) mass is 354 g/mol. The molecule has 0 aliphatic carbocycles. The maximum atomic E-state index is 12.8. The minimum atomic E-state index is -4.38. The van der Waals surface area contributed by atoms with Crippen LogP contribution in [-0.2, 0) is 25.7 Å². The molecule has 0 spiro atoms. The molecule has 3 rings (SSSR count). The van der Waals surface area contributed by atoms with Gasteiger partial charge in [0, 0.05) is 44.5 Å². The van der Waals surface area contributed by atoms with Gasteiger partial charge in [-0.3, -0.25) is 0 Å². The fourth-order valence-corrected chi connectivity index (χ4v) is 3.24. The van der Waals surface area contributed by atoms with Crippen LogP contribution in [0.5, 0.6) is 5.88 Å². The lowest BCUT2D eigenvalue weighted by Crippen LogP contribution is -2.31. The van der Waals surface area contributed by atoms with E-state index >= 15 is 0 Å². The van der Waals surface area contributed by atoms with Gasteiger partial charge < -0.3 is 14.2 Å². The van der Waals surface area contributed by atoms with Gasteiger partial charge in [-0.25, -0.2) is 9.97 Å².